The molecule has 7 heteroatoms. The van der Waals surface area contributed by atoms with E-state index in [1.165, 1.54) is 0 Å². The van der Waals surface area contributed by atoms with Gasteiger partial charge in [0.25, 0.3) is 5.91 Å². The summed E-state index contributed by atoms with van der Waals surface area (Å²) in [5.41, 5.74) is 2.43. The van der Waals surface area contributed by atoms with Crippen LogP contribution in [0.2, 0.25) is 5.02 Å². The molecule has 3 heterocycles. The molecule has 112 valence electrons. The van der Waals surface area contributed by atoms with E-state index in [4.69, 9.17) is 11.6 Å². The number of hydrogen-bond acceptors (Lipinski definition) is 3. The molecular weight excluding hydrogens is 302 g/mol. The van der Waals surface area contributed by atoms with E-state index in [-0.39, 0.29) is 11.9 Å². The molecule has 2 aromatic heterocycles. The van der Waals surface area contributed by atoms with Crippen LogP contribution in [0.1, 0.15) is 29.3 Å². The fourth-order valence-electron chi connectivity index (χ4n) is 2.92. The van der Waals surface area contributed by atoms with Crippen molar-refractivity contribution in [2.24, 2.45) is 0 Å². The molecule has 1 amide bonds. The number of H-pyrrole nitrogens is 1. The number of imidazole rings is 1. The van der Waals surface area contributed by atoms with Gasteiger partial charge in [-0.1, -0.05) is 17.7 Å². The molecule has 0 radical (unpaired) electrons. The number of para-hydroxylation sites is 1. The van der Waals surface area contributed by atoms with Crippen LogP contribution < -0.4 is 0 Å². The van der Waals surface area contributed by atoms with E-state index in [0.717, 1.165) is 11.2 Å². The Morgan fingerprint density at radius 3 is 3.09 bits per heavy atom. The van der Waals surface area contributed by atoms with Gasteiger partial charge in [-0.25, -0.2) is 4.98 Å². The zero-order valence-corrected chi connectivity index (χ0v) is 12.7. The molecule has 1 N–H and O–H groups in total. The minimum Gasteiger partial charge on any atom is -0.334 e. The first-order valence-electron chi connectivity index (χ1n) is 7.09. The van der Waals surface area contributed by atoms with Gasteiger partial charge in [0.2, 0.25) is 0 Å². The third-order valence-electron chi connectivity index (χ3n) is 3.96. The number of hydrogen-bond donors (Lipinski definition) is 1. The van der Waals surface area contributed by atoms with Crippen molar-refractivity contribution >= 4 is 28.5 Å². The van der Waals surface area contributed by atoms with Gasteiger partial charge in [0, 0.05) is 12.7 Å². The van der Waals surface area contributed by atoms with Crippen molar-refractivity contribution in [3.63, 3.8) is 0 Å². The molecular formula is C15H14ClN5O. The highest BCUT2D eigenvalue weighted by Crippen LogP contribution is 2.24. The molecule has 1 aromatic carbocycles. The Kier molecular flexibility index (Phi) is 2.94. The Hall–Kier alpha value is -2.34. The summed E-state index contributed by atoms with van der Waals surface area (Å²) in [7, 11) is 0. The number of rotatable bonds is 1. The molecule has 0 aliphatic carbocycles. The Labute approximate surface area is 131 Å². The Balaban J connectivity index is 1.68. The predicted molar refractivity (Wildman–Crippen MR) is 82.8 cm³/mol. The van der Waals surface area contributed by atoms with Gasteiger partial charge in [0.15, 0.2) is 5.82 Å². The summed E-state index contributed by atoms with van der Waals surface area (Å²) in [6, 6.07) is 7.54. The molecule has 6 nitrogen and oxygen atoms in total. The van der Waals surface area contributed by atoms with Crippen LogP contribution in [0.5, 0.6) is 0 Å². The monoisotopic (exact) mass is 315 g/mol. The first kappa shape index (κ1) is 13.3. The second-order valence-electron chi connectivity index (χ2n) is 5.52. The van der Waals surface area contributed by atoms with E-state index in [1.807, 2.05) is 29.8 Å². The van der Waals surface area contributed by atoms with Gasteiger partial charge in [0.05, 0.1) is 28.8 Å². The van der Waals surface area contributed by atoms with Crippen molar-refractivity contribution in [3.05, 3.63) is 47.0 Å². The number of benzene rings is 1. The van der Waals surface area contributed by atoms with Crippen molar-refractivity contribution in [1.82, 2.24) is 24.6 Å². The Bertz CT molecular complexity index is 868. The van der Waals surface area contributed by atoms with E-state index in [1.54, 1.807) is 17.2 Å². The van der Waals surface area contributed by atoms with E-state index in [0.29, 0.717) is 29.5 Å². The summed E-state index contributed by atoms with van der Waals surface area (Å²) in [5.74, 6) is 0.204. The lowest BCUT2D eigenvalue weighted by Gasteiger charge is -2.31. The molecule has 22 heavy (non-hydrogen) atoms. The number of aromatic amines is 1. The zero-order chi connectivity index (χ0) is 15.3. The summed E-state index contributed by atoms with van der Waals surface area (Å²) in [5, 5.41) is 4.83. The highest BCUT2D eigenvalue weighted by atomic mass is 35.5. The largest absolute Gasteiger partial charge is 0.334 e. The quantitative estimate of drug-likeness (QED) is 0.750. The SMILES string of the molecule is CC1CN(C(=O)c2nc3c(Cl)cccc3[nH]2)Cc2ccnn21. The number of nitrogens with one attached hydrogen (secondary N) is 1. The van der Waals surface area contributed by atoms with E-state index < -0.39 is 0 Å². The van der Waals surface area contributed by atoms with E-state index >= 15 is 0 Å². The fourth-order valence-corrected chi connectivity index (χ4v) is 3.14. The van der Waals surface area contributed by atoms with Gasteiger partial charge in [-0.3, -0.25) is 9.48 Å². The van der Waals surface area contributed by atoms with Crippen molar-refractivity contribution in [2.75, 3.05) is 6.54 Å². The van der Waals surface area contributed by atoms with Crippen molar-refractivity contribution in [2.45, 2.75) is 19.5 Å². The molecule has 1 aliphatic heterocycles. The predicted octanol–water partition coefficient (Wildman–Crippen LogP) is 2.63. The van der Waals surface area contributed by atoms with Crippen molar-refractivity contribution in [1.29, 1.82) is 0 Å². The minimum atomic E-state index is -0.119. The summed E-state index contributed by atoms with van der Waals surface area (Å²) in [4.78, 5) is 21.9. The van der Waals surface area contributed by atoms with Crippen molar-refractivity contribution in [3.8, 4) is 0 Å². The maximum absolute atomic E-state index is 12.7. The van der Waals surface area contributed by atoms with Crippen LogP contribution >= 0.6 is 11.6 Å². The molecule has 4 rings (SSSR count). The second-order valence-corrected chi connectivity index (χ2v) is 5.93. The lowest BCUT2D eigenvalue weighted by atomic mass is 10.2. The van der Waals surface area contributed by atoms with E-state index in [9.17, 15) is 4.79 Å². The third kappa shape index (κ3) is 1.99. The van der Waals surface area contributed by atoms with Crippen LogP contribution in [-0.4, -0.2) is 37.1 Å². The summed E-state index contributed by atoms with van der Waals surface area (Å²) >= 11 is 6.12. The Morgan fingerprint density at radius 1 is 1.41 bits per heavy atom. The number of aromatic nitrogens is 4. The first-order valence-corrected chi connectivity index (χ1v) is 7.47. The van der Waals surface area contributed by atoms with Crippen LogP contribution in [0, 0.1) is 0 Å². The highest BCUT2D eigenvalue weighted by molar-refractivity contribution is 6.35. The van der Waals surface area contributed by atoms with Gasteiger partial charge in [-0.2, -0.15) is 5.10 Å². The average Bonchev–Trinajstić information content (AvgIpc) is 3.13. The number of halogens is 1. The molecule has 0 fully saturated rings. The standard InChI is InChI=1S/C15H14ClN5O/c1-9-7-20(8-10-5-6-17-21(9)10)15(22)14-18-12-4-2-3-11(16)13(12)19-14/h2-6,9H,7-8H2,1H3,(H,18,19). The van der Waals surface area contributed by atoms with Crippen LogP contribution in [0.3, 0.4) is 0 Å². The van der Waals surface area contributed by atoms with Gasteiger partial charge >= 0.3 is 0 Å². The van der Waals surface area contributed by atoms with E-state index in [2.05, 4.69) is 15.1 Å². The van der Waals surface area contributed by atoms with Crippen LogP contribution in [0.4, 0.5) is 0 Å². The van der Waals surface area contributed by atoms with Crippen LogP contribution in [-0.2, 0) is 6.54 Å². The first-order chi connectivity index (χ1) is 10.6. The molecule has 0 spiro atoms. The number of amides is 1. The molecule has 0 saturated heterocycles. The number of nitrogens with zero attached hydrogens (tertiary/aromatic N) is 4. The second kappa shape index (κ2) is 4.84. The molecule has 1 aliphatic rings. The molecule has 0 bridgehead atoms. The fraction of sp³-hybridized carbons (Fsp3) is 0.267. The smallest absolute Gasteiger partial charge is 0.290 e. The topological polar surface area (TPSA) is 66.8 Å². The number of carbonyl (C=O) groups is 1. The lowest BCUT2D eigenvalue weighted by Crippen LogP contribution is -2.40. The van der Waals surface area contributed by atoms with Crippen LogP contribution in [0.15, 0.2) is 30.5 Å². The maximum atomic E-state index is 12.7. The Morgan fingerprint density at radius 2 is 2.27 bits per heavy atom. The number of fused-ring (bicyclic) bond motifs is 2. The van der Waals surface area contributed by atoms with Crippen LogP contribution in [0.25, 0.3) is 11.0 Å². The summed E-state index contributed by atoms with van der Waals surface area (Å²) in [6.45, 7) is 3.19. The lowest BCUT2D eigenvalue weighted by molar-refractivity contribution is 0.0666. The summed E-state index contributed by atoms with van der Waals surface area (Å²) in [6.07, 6.45) is 1.76. The highest BCUT2D eigenvalue weighted by Gasteiger charge is 2.28. The molecule has 3 aromatic rings. The van der Waals surface area contributed by atoms with Gasteiger partial charge < -0.3 is 9.88 Å². The molecule has 1 atom stereocenters. The average molecular weight is 316 g/mol. The van der Waals surface area contributed by atoms with Gasteiger partial charge in [0.1, 0.15) is 5.52 Å². The molecule has 1 unspecified atom stereocenters. The zero-order valence-electron chi connectivity index (χ0n) is 12.0. The third-order valence-corrected chi connectivity index (χ3v) is 4.27. The molecule has 0 saturated carbocycles. The van der Waals surface area contributed by atoms with Crippen molar-refractivity contribution < 1.29 is 4.79 Å². The van der Waals surface area contributed by atoms with Gasteiger partial charge in [-0.15, -0.1) is 0 Å². The maximum Gasteiger partial charge on any atom is 0.290 e. The number of carbonyl (C=O) groups excluding carboxylic acids is 1. The van der Waals surface area contributed by atoms with Gasteiger partial charge in [-0.05, 0) is 25.1 Å². The summed E-state index contributed by atoms with van der Waals surface area (Å²) < 4.78 is 1.96. The minimum absolute atomic E-state index is 0.119. The normalized spacial score (nSPS) is 17.7.